The summed E-state index contributed by atoms with van der Waals surface area (Å²) in [6.45, 7) is 3.49. The Bertz CT molecular complexity index is 678. The second-order valence-corrected chi connectivity index (χ2v) is 4.95. The van der Waals surface area contributed by atoms with Crippen LogP contribution in [0.3, 0.4) is 0 Å². The largest absolute Gasteiger partial charge is 0.508 e. The average molecular weight is 295 g/mol. The summed E-state index contributed by atoms with van der Waals surface area (Å²) in [5.41, 5.74) is 8.01. The smallest absolute Gasteiger partial charge is 0.416 e. The summed E-state index contributed by atoms with van der Waals surface area (Å²) >= 11 is 0. The number of aromatic hydroxyl groups is 1. The minimum absolute atomic E-state index is 0.0705. The molecule has 3 N–H and O–H groups in total. The normalized spacial score (nSPS) is 11.7. The molecule has 0 saturated heterocycles. The molecule has 2 nitrogen and oxygen atoms in total. The highest BCUT2D eigenvalue weighted by atomic mass is 19.4. The molecule has 0 heterocycles. The quantitative estimate of drug-likeness (QED) is 0.631. The average Bonchev–Trinajstić information content (AvgIpc) is 2.41. The second-order valence-electron chi connectivity index (χ2n) is 4.95. The molecular formula is C16H16F3NO. The predicted octanol–water partition coefficient (Wildman–Crippen LogP) is 4.53. The van der Waals surface area contributed by atoms with E-state index in [9.17, 15) is 18.3 Å². The molecule has 2 rings (SSSR count). The van der Waals surface area contributed by atoms with E-state index in [1.54, 1.807) is 19.9 Å². The highest BCUT2D eigenvalue weighted by Gasteiger charge is 2.31. The van der Waals surface area contributed by atoms with E-state index in [-0.39, 0.29) is 5.75 Å². The number of aryl methyl sites for hydroxylation is 2. The SMILES string of the molecule is CCc1cc(C(F)(F)F)ccc1-c1cc(O)c(C)cc1N. The van der Waals surface area contributed by atoms with Gasteiger partial charge in [0, 0.05) is 11.3 Å². The van der Waals surface area contributed by atoms with Gasteiger partial charge in [-0.3, -0.25) is 0 Å². The van der Waals surface area contributed by atoms with Gasteiger partial charge < -0.3 is 10.8 Å². The number of hydrogen-bond acceptors (Lipinski definition) is 2. The fourth-order valence-electron chi connectivity index (χ4n) is 2.28. The van der Waals surface area contributed by atoms with Gasteiger partial charge in [0.15, 0.2) is 0 Å². The van der Waals surface area contributed by atoms with E-state index in [1.165, 1.54) is 12.1 Å². The summed E-state index contributed by atoms with van der Waals surface area (Å²) in [5.74, 6) is 0.0705. The molecule has 112 valence electrons. The zero-order chi connectivity index (χ0) is 15.8. The van der Waals surface area contributed by atoms with Crippen LogP contribution in [0, 0.1) is 6.92 Å². The Kier molecular flexibility index (Phi) is 3.85. The minimum atomic E-state index is -4.37. The van der Waals surface area contributed by atoms with Crippen LogP contribution in [0.4, 0.5) is 18.9 Å². The van der Waals surface area contributed by atoms with Crippen molar-refractivity contribution in [3.63, 3.8) is 0 Å². The molecule has 0 saturated carbocycles. The number of phenols is 1. The summed E-state index contributed by atoms with van der Waals surface area (Å²) < 4.78 is 38.3. The van der Waals surface area contributed by atoms with Crippen LogP contribution < -0.4 is 5.73 Å². The van der Waals surface area contributed by atoms with Crippen LogP contribution in [0.5, 0.6) is 5.75 Å². The van der Waals surface area contributed by atoms with Gasteiger partial charge in [-0.15, -0.1) is 0 Å². The maximum Gasteiger partial charge on any atom is 0.416 e. The lowest BCUT2D eigenvalue weighted by atomic mass is 9.93. The van der Waals surface area contributed by atoms with Gasteiger partial charge in [-0.2, -0.15) is 13.2 Å². The molecule has 0 radical (unpaired) electrons. The number of anilines is 1. The first-order chi connectivity index (χ1) is 9.74. The molecule has 0 amide bonds. The second kappa shape index (κ2) is 5.31. The van der Waals surface area contributed by atoms with Gasteiger partial charge in [-0.25, -0.2) is 0 Å². The molecule has 2 aromatic carbocycles. The summed E-state index contributed by atoms with van der Waals surface area (Å²) in [4.78, 5) is 0. The van der Waals surface area contributed by atoms with Crippen LogP contribution in [0.2, 0.25) is 0 Å². The van der Waals surface area contributed by atoms with Crippen LogP contribution in [0.15, 0.2) is 30.3 Å². The maximum absolute atomic E-state index is 12.8. The Morgan fingerprint density at radius 2 is 1.76 bits per heavy atom. The molecule has 5 heteroatoms. The Morgan fingerprint density at radius 3 is 2.33 bits per heavy atom. The highest BCUT2D eigenvalue weighted by Crippen LogP contribution is 2.37. The van der Waals surface area contributed by atoms with Gasteiger partial charge >= 0.3 is 6.18 Å². The standard InChI is InChI=1S/C16H16F3NO/c1-3-10-7-11(16(17,18)19)4-5-12(10)13-8-15(21)9(2)6-14(13)20/h4-8,21H,3,20H2,1-2H3. The number of nitrogens with two attached hydrogens (primary N) is 1. The first-order valence-corrected chi connectivity index (χ1v) is 6.53. The van der Waals surface area contributed by atoms with Crippen molar-refractivity contribution in [1.82, 2.24) is 0 Å². The number of hydrogen-bond donors (Lipinski definition) is 2. The summed E-state index contributed by atoms with van der Waals surface area (Å²) in [6.07, 6.45) is -3.93. The lowest BCUT2D eigenvalue weighted by molar-refractivity contribution is -0.137. The topological polar surface area (TPSA) is 46.2 Å². The van der Waals surface area contributed by atoms with Crippen LogP contribution in [0.1, 0.15) is 23.6 Å². The van der Waals surface area contributed by atoms with Crippen molar-refractivity contribution in [2.75, 3.05) is 5.73 Å². The van der Waals surface area contributed by atoms with E-state index in [4.69, 9.17) is 5.73 Å². The molecule has 0 fully saturated rings. The van der Waals surface area contributed by atoms with Gasteiger partial charge in [0.25, 0.3) is 0 Å². The summed E-state index contributed by atoms with van der Waals surface area (Å²) in [7, 11) is 0. The van der Waals surface area contributed by atoms with Crippen molar-refractivity contribution in [2.24, 2.45) is 0 Å². The monoisotopic (exact) mass is 295 g/mol. The van der Waals surface area contributed by atoms with Crippen molar-refractivity contribution in [3.05, 3.63) is 47.0 Å². The number of benzene rings is 2. The minimum Gasteiger partial charge on any atom is -0.508 e. The number of phenolic OH excluding ortho intramolecular Hbond substituents is 1. The highest BCUT2D eigenvalue weighted by molar-refractivity contribution is 5.80. The molecule has 0 aliphatic heterocycles. The molecule has 0 aromatic heterocycles. The number of rotatable bonds is 2. The molecule has 2 aromatic rings. The summed E-state index contributed by atoms with van der Waals surface area (Å²) in [6, 6.07) is 6.67. The lowest BCUT2D eigenvalue weighted by Gasteiger charge is -2.15. The van der Waals surface area contributed by atoms with E-state index in [0.29, 0.717) is 34.4 Å². The Morgan fingerprint density at radius 1 is 1.10 bits per heavy atom. The fourth-order valence-corrected chi connectivity index (χ4v) is 2.28. The summed E-state index contributed by atoms with van der Waals surface area (Å²) in [5, 5.41) is 9.80. The van der Waals surface area contributed by atoms with E-state index >= 15 is 0 Å². The first-order valence-electron chi connectivity index (χ1n) is 6.53. The maximum atomic E-state index is 12.8. The predicted molar refractivity (Wildman–Crippen MR) is 77.1 cm³/mol. The number of alkyl halides is 3. The van der Waals surface area contributed by atoms with Gasteiger partial charge in [0.1, 0.15) is 5.75 Å². The fraction of sp³-hybridized carbons (Fsp3) is 0.250. The van der Waals surface area contributed by atoms with Gasteiger partial charge in [-0.1, -0.05) is 13.0 Å². The Labute approximate surface area is 121 Å². The third-order valence-corrected chi connectivity index (χ3v) is 3.47. The van der Waals surface area contributed by atoms with Crippen molar-refractivity contribution in [3.8, 4) is 16.9 Å². The van der Waals surface area contributed by atoms with Crippen molar-refractivity contribution in [1.29, 1.82) is 0 Å². The van der Waals surface area contributed by atoms with E-state index in [0.717, 1.165) is 12.1 Å². The first kappa shape index (κ1) is 15.2. The van der Waals surface area contributed by atoms with E-state index in [2.05, 4.69) is 0 Å². The van der Waals surface area contributed by atoms with Crippen LogP contribution in [0.25, 0.3) is 11.1 Å². The molecule has 0 atom stereocenters. The molecule has 21 heavy (non-hydrogen) atoms. The Hall–Kier alpha value is -2.17. The van der Waals surface area contributed by atoms with Crippen LogP contribution >= 0.6 is 0 Å². The van der Waals surface area contributed by atoms with Crippen LogP contribution in [-0.4, -0.2) is 5.11 Å². The Balaban J connectivity index is 2.62. The zero-order valence-electron chi connectivity index (χ0n) is 11.8. The van der Waals surface area contributed by atoms with Gasteiger partial charge in [0.2, 0.25) is 0 Å². The third-order valence-electron chi connectivity index (χ3n) is 3.47. The molecule has 0 aliphatic carbocycles. The van der Waals surface area contributed by atoms with Crippen molar-refractivity contribution in [2.45, 2.75) is 26.4 Å². The molecule has 0 bridgehead atoms. The number of nitrogen functional groups attached to an aromatic ring is 1. The van der Waals surface area contributed by atoms with Crippen molar-refractivity contribution >= 4 is 5.69 Å². The van der Waals surface area contributed by atoms with Crippen molar-refractivity contribution < 1.29 is 18.3 Å². The lowest BCUT2D eigenvalue weighted by Crippen LogP contribution is -2.06. The van der Waals surface area contributed by atoms with E-state index in [1.807, 2.05) is 0 Å². The van der Waals surface area contributed by atoms with Gasteiger partial charge in [-0.05, 0) is 54.3 Å². The third kappa shape index (κ3) is 2.96. The van der Waals surface area contributed by atoms with Crippen LogP contribution in [-0.2, 0) is 12.6 Å². The molecule has 0 unspecified atom stereocenters. The zero-order valence-corrected chi connectivity index (χ0v) is 11.8. The molecule has 0 spiro atoms. The van der Waals surface area contributed by atoms with Gasteiger partial charge in [0.05, 0.1) is 5.56 Å². The van der Waals surface area contributed by atoms with E-state index < -0.39 is 11.7 Å². The molecule has 0 aliphatic rings. The number of halogens is 3. The molecular weight excluding hydrogens is 279 g/mol.